The van der Waals surface area contributed by atoms with Gasteiger partial charge in [-0.2, -0.15) is 5.90 Å². The average molecular weight is 1060 g/mol. The Morgan fingerprint density at radius 1 is 0.632 bits per heavy atom. The minimum Gasteiger partial charge on any atom is -0.560 e. The third-order valence-corrected chi connectivity index (χ3v) is 9.67. The van der Waals surface area contributed by atoms with Crippen molar-refractivity contribution in [3.8, 4) is 11.5 Å². The summed E-state index contributed by atoms with van der Waals surface area (Å²) in [5.74, 6) is 5.15. The summed E-state index contributed by atoms with van der Waals surface area (Å²) in [6, 6.07) is 41.0. The molecule has 0 bridgehead atoms. The number of benzene rings is 6. The van der Waals surface area contributed by atoms with E-state index in [1.165, 1.54) is 18.2 Å². The van der Waals surface area contributed by atoms with Gasteiger partial charge in [0.2, 0.25) is 0 Å². The van der Waals surface area contributed by atoms with E-state index in [0.29, 0.717) is 56.5 Å². The Hall–Kier alpha value is -3.98. The molecule has 0 aromatic heterocycles. The number of carbonyl (C=O) groups excluding carboxylic acids is 2. The molecule has 291 valence electrons. The zero-order valence-corrected chi connectivity index (χ0v) is 37.7. The number of para-hydroxylation sites is 2. The van der Waals surface area contributed by atoms with Crippen LogP contribution in [0.15, 0.2) is 155 Å². The number of hydrogen-bond acceptors (Lipinski definition) is 10. The van der Waals surface area contributed by atoms with Gasteiger partial charge in [0.1, 0.15) is 34.7 Å². The number of carbonyl (C=O) groups is 2. The largest absolute Gasteiger partial charge is 0.560 e. The molecule has 0 atom stereocenters. The van der Waals surface area contributed by atoms with Crippen molar-refractivity contribution >= 4 is 68.5 Å². The molecule has 6 aromatic rings. The van der Waals surface area contributed by atoms with Crippen LogP contribution in [0, 0.1) is 44.1 Å². The van der Waals surface area contributed by atoms with Gasteiger partial charge in [-0.15, -0.1) is 9.32 Å². The van der Waals surface area contributed by atoms with Gasteiger partial charge in [-0.05, 0) is 96.1 Å². The Morgan fingerprint density at radius 3 is 1.58 bits per heavy atom. The zero-order chi connectivity index (χ0) is 39.9. The van der Waals surface area contributed by atoms with Gasteiger partial charge in [-0.1, -0.05) is 83.9 Å². The summed E-state index contributed by atoms with van der Waals surface area (Å²) >= 11 is 12.6. The summed E-state index contributed by atoms with van der Waals surface area (Å²) in [5.41, 5.74) is 3.29. The van der Waals surface area contributed by atoms with Crippen molar-refractivity contribution in [2.24, 2.45) is 5.90 Å². The van der Waals surface area contributed by atoms with Crippen LogP contribution in [0.5, 0.6) is 11.5 Å². The first-order chi connectivity index (χ1) is 27.0. The molecule has 2 amide bonds. The average Bonchev–Trinajstić information content (AvgIpc) is 3.20. The fraction of sp³-hybridized carbons (Fsp3) is 0.0500. The standard InChI is InChI=1S/2C20H17ClN2O4S.Ac/c21-16-10-8-14(9-11-16)13-27-17-5-3-4-15(12-17)20(24)23-18-6-1-2-7-19(18)28(22,25)26;21-16-10-8-14(9-11-16)13-25-17-5-3-4-15(12-17)20(24)23-18-6-1-2-7-19(18)28-27-26-22;/h1-12H,13H2,(H3,22,23,24,25,26);1-12H,13,22H2,(H,23,24);/p-1. The van der Waals surface area contributed by atoms with E-state index in [0.717, 1.165) is 23.2 Å². The second-order valence-electron chi connectivity index (χ2n) is 11.5. The van der Waals surface area contributed by atoms with Crippen LogP contribution in [-0.2, 0) is 32.6 Å². The number of amides is 2. The van der Waals surface area contributed by atoms with Gasteiger partial charge in [0.05, 0.1) is 33.2 Å². The van der Waals surface area contributed by atoms with Gasteiger partial charge < -0.3 is 25.2 Å². The minimum atomic E-state index is -4.21. The van der Waals surface area contributed by atoms with Crippen LogP contribution < -0.4 is 26.0 Å². The molecule has 5 N–H and O–H groups in total. The van der Waals surface area contributed by atoms with Crippen molar-refractivity contribution in [3.63, 3.8) is 0 Å². The third kappa shape index (κ3) is 14.7. The molecule has 57 heavy (non-hydrogen) atoms. The number of hydrogen-bond donors (Lipinski definition) is 3. The molecule has 17 heteroatoms. The maximum Gasteiger partial charge on any atom is 0.255 e. The van der Waals surface area contributed by atoms with E-state index >= 15 is 0 Å². The van der Waals surface area contributed by atoms with E-state index < -0.39 is 15.9 Å². The Bertz CT molecular complexity index is 2380. The molecule has 0 saturated heterocycles. The summed E-state index contributed by atoms with van der Waals surface area (Å²) in [7, 11) is -4.21. The summed E-state index contributed by atoms with van der Waals surface area (Å²) in [6.45, 7) is 0.681. The van der Waals surface area contributed by atoms with Crippen LogP contribution in [0.2, 0.25) is 10.0 Å². The smallest absolute Gasteiger partial charge is 0.255 e. The van der Waals surface area contributed by atoms with Gasteiger partial charge in [-0.3, -0.25) is 9.59 Å². The van der Waals surface area contributed by atoms with Gasteiger partial charge in [0.25, 0.3) is 11.8 Å². The van der Waals surface area contributed by atoms with Crippen LogP contribution >= 0.6 is 35.2 Å². The zero-order valence-electron chi connectivity index (χ0n) is 29.8. The van der Waals surface area contributed by atoms with Crippen LogP contribution in [0.4, 0.5) is 11.4 Å². The van der Waals surface area contributed by atoms with E-state index in [2.05, 4.69) is 20.0 Å². The summed E-state index contributed by atoms with van der Waals surface area (Å²) in [4.78, 5) is 29.6. The van der Waals surface area contributed by atoms with E-state index in [-0.39, 0.29) is 60.6 Å². The van der Waals surface area contributed by atoms with E-state index in [1.54, 1.807) is 97.1 Å². The SMILES string of the molecule is NOOSc1ccccc1NC(=O)c1cccc(OCc2ccc(Cl)cc2)c1.[Ac].[NH-]S(=O)(=O)c1ccccc1NC(=O)c1cccc(OCc2ccc(Cl)cc2)c1. The first kappa shape index (κ1) is 45.7. The van der Waals surface area contributed by atoms with Crippen LogP contribution in [0.3, 0.4) is 0 Å². The molecule has 0 spiro atoms. The Labute approximate surface area is 379 Å². The first-order valence-corrected chi connectivity index (χ1v) is 19.4. The summed E-state index contributed by atoms with van der Waals surface area (Å²) in [6.07, 6.45) is 0. The van der Waals surface area contributed by atoms with E-state index in [9.17, 15) is 18.0 Å². The van der Waals surface area contributed by atoms with Gasteiger partial charge in [0, 0.05) is 65.2 Å². The monoisotopic (exact) mass is 1060 g/mol. The van der Waals surface area contributed by atoms with Gasteiger partial charge >= 0.3 is 0 Å². The number of ether oxygens (including phenoxy) is 2. The van der Waals surface area contributed by atoms with Crippen LogP contribution in [0.25, 0.3) is 5.14 Å². The quantitative estimate of drug-likeness (QED) is 0.0540. The van der Waals surface area contributed by atoms with Crippen LogP contribution in [0.1, 0.15) is 31.8 Å². The van der Waals surface area contributed by atoms with Crippen molar-refractivity contribution in [1.82, 2.24) is 0 Å². The number of nitrogens with one attached hydrogen (secondary N) is 3. The topological polar surface area (TPSA) is 179 Å². The Morgan fingerprint density at radius 2 is 1.09 bits per heavy atom. The number of sulfonamides is 1. The van der Waals surface area contributed by atoms with Crippen LogP contribution in [-0.4, -0.2) is 20.2 Å². The van der Waals surface area contributed by atoms with Crippen molar-refractivity contribution in [2.75, 3.05) is 10.6 Å². The Balaban J connectivity index is 0.000000248. The van der Waals surface area contributed by atoms with Crippen molar-refractivity contribution in [2.45, 2.75) is 23.0 Å². The molecule has 0 heterocycles. The number of rotatable bonds is 14. The van der Waals surface area contributed by atoms with Crippen molar-refractivity contribution in [3.05, 3.63) is 183 Å². The normalized spacial score (nSPS) is 10.6. The van der Waals surface area contributed by atoms with Crippen molar-refractivity contribution in [1.29, 1.82) is 0 Å². The molecular weight excluding hydrogens is 1030 g/mol. The molecule has 6 aromatic carbocycles. The predicted molar refractivity (Wildman–Crippen MR) is 217 cm³/mol. The fourth-order valence-electron chi connectivity index (χ4n) is 4.84. The molecule has 12 nitrogen and oxygen atoms in total. The molecule has 0 unspecified atom stereocenters. The van der Waals surface area contributed by atoms with Gasteiger partial charge in [0.15, 0.2) is 0 Å². The predicted octanol–water partition coefficient (Wildman–Crippen LogP) is 9.91. The second-order valence-corrected chi connectivity index (χ2v) is 14.6. The van der Waals surface area contributed by atoms with E-state index in [4.69, 9.17) is 43.7 Å². The molecule has 0 saturated carbocycles. The molecule has 6 rings (SSSR count). The number of anilines is 2. The molecule has 0 aliphatic rings. The second kappa shape index (κ2) is 22.8. The molecule has 0 aliphatic carbocycles. The maximum atomic E-state index is 12.6. The Kier molecular flexibility index (Phi) is 18.3. The summed E-state index contributed by atoms with van der Waals surface area (Å²) in [5, 5.41) is 13.9. The first-order valence-electron chi connectivity index (χ1n) is 16.4. The van der Waals surface area contributed by atoms with Crippen molar-refractivity contribution < 1.29 is 80.9 Å². The van der Waals surface area contributed by atoms with E-state index in [1.807, 2.05) is 30.3 Å². The molecular formula is C40H33AcCl2N4O8S2-. The molecule has 0 aliphatic heterocycles. The minimum absolute atomic E-state index is 0. The number of halogens is 2. The third-order valence-electron chi connectivity index (χ3n) is 7.55. The summed E-state index contributed by atoms with van der Waals surface area (Å²) < 4.78 is 39.2. The fourth-order valence-corrected chi connectivity index (χ4v) is 6.21. The maximum absolute atomic E-state index is 12.6. The number of nitrogens with two attached hydrogens (primary N) is 1. The molecule has 1 radical (unpaired) electrons. The molecule has 0 fully saturated rings. The van der Waals surface area contributed by atoms with Gasteiger partial charge in [-0.25, -0.2) is 8.42 Å².